The molecular formula is C15H33NO3Si. The van der Waals surface area contributed by atoms with Crippen molar-refractivity contribution in [3.8, 4) is 0 Å². The molecule has 0 N–H and O–H groups in total. The third-order valence-electron chi connectivity index (χ3n) is 3.02. The van der Waals surface area contributed by atoms with Gasteiger partial charge in [0, 0.05) is 38.1 Å². The van der Waals surface area contributed by atoms with Gasteiger partial charge in [0.15, 0.2) is 0 Å². The minimum Gasteiger partial charge on any atom is -0.374 e. The normalized spacial score (nSPS) is 12.9. The monoisotopic (exact) mass is 303 g/mol. The standard InChI is InChI=1S/C15H33NO3Si/c1-6-12-15(7-2)16-13-11-14-20(17-8-3,18-9-4)19-10-5/h6-14H2,1-5H3. The first-order valence-electron chi connectivity index (χ1n) is 8.11. The predicted molar refractivity (Wildman–Crippen MR) is 87.6 cm³/mol. The van der Waals surface area contributed by atoms with Crippen LogP contribution in [0.4, 0.5) is 0 Å². The zero-order chi connectivity index (χ0) is 15.3. The third kappa shape index (κ3) is 8.14. The molecule has 0 aromatic rings. The van der Waals surface area contributed by atoms with Crippen LogP contribution in [-0.2, 0) is 13.3 Å². The van der Waals surface area contributed by atoms with Crippen molar-refractivity contribution < 1.29 is 13.3 Å². The summed E-state index contributed by atoms with van der Waals surface area (Å²) in [6.45, 7) is 13.1. The molecule has 0 aliphatic rings. The van der Waals surface area contributed by atoms with Crippen LogP contribution >= 0.6 is 0 Å². The Labute approximate surface area is 126 Å². The number of hydrogen-bond acceptors (Lipinski definition) is 4. The van der Waals surface area contributed by atoms with Crippen molar-refractivity contribution in [2.24, 2.45) is 4.99 Å². The van der Waals surface area contributed by atoms with Crippen molar-refractivity contribution in [2.75, 3.05) is 26.4 Å². The van der Waals surface area contributed by atoms with Crippen LogP contribution in [0.3, 0.4) is 0 Å². The van der Waals surface area contributed by atoms with Gasteiger partial charge in [-0.2, -0.15) is 0 Å². The summed E-state index contributed by atoms with van der Waals surface area (Å²) in [4.78, 5) is 4.69. The molecule has 0 aliphatic carbocycles. The minimum absolute atomic E-state index is 0.644. The topological polar surface area (TPSA) is 40.0 Å². The molecule has 0 aliphatic heterocycles. The second-order valence-electron chi connectivity index (χ2n) is 4.64. The smallest absolute Gasteiger partial charge is 0.374 e. The van der Waals surface area contributed by atoms with Gasteiger partial charge in [-0.25, -0.2) is 0 Å². The van der Waals surface area contributed by atoms with E-state index in [4.69, 9.17) is 13.3 Å². The van der Waals surface area contributed by atoms with Crippen LogP contribution in [0.1, 0.15) is 60.3 Å². The van der Waals surface area contributed by atoms with Gasteiger partial charge in [0.05, 0.1) is 0 Å². The molecule has 0 heterocycles. The minimum atomic E-state index is -2.47. The first kappa shape index (κ1) is 19.8. The molecule has 0 bridgehead atoms. The van der Waals surface area contributed by atoms with Crippen molar-refractivity contribution in [3.05, 3.63) is 0 Å². The predicted octanol–water partition coefficient (Wildman–Crippen LogP) is 4.08. The molecule has 0 radical (unpaired) electrons. The van der Waals surface area contributed by atoms with Gasteiger partial charge < -0.3 is 13.3 Å². The lowest BCUT2D eigenvalue weighted by molar-refractivity contribution is 0.0710. The van der Waals surface area contributed by atoms with E-state index in [-0.39, 0.29) is 0 Å². The second kappa shape index (κ2) is 12.5. The van der Waals surface area contributed by atoms with Crippen molar-refractivity contribution in [1.82, 2.24) is 0 Å². The maximum atomic E-state index is 5.84. The molecule has 0 saturated carbocycles. The molecule has 4 nitrogen and oxygen atoms in total. The molecule has 0 fully saturated rings. The summed E-state index contributed by atoms with van der Waals surface area (Å²) in [5.41, 5.74) is 1.32. The van der Waals surface area contributed by atoms with Crippen molar-refractivity contribution >= 4 is 14.5 Å². The fourth-order valence-electron chi connectivity index (χ4n) is 2.19. The Morgan fingerprint density at radius 2 is 1.45 bits per heavy atom. The number of hydrogen-bond donors (Lipinski definition) is 0. The van der Waals surface area contributed by atoms with E-state index >= 15 is 0 Å². The van der Waals surface area contributed by atoms with E-state index in [2.05, 4.69) is 18.8 Å². The maximum absolute atomic E-state index is 5.84. The number of rotatable bonds is 13. The van der Waals surface area contributed by atoms with E-state index in [0.717, 1.165) is 31.9 Å². The molecule has 0 saturated heterocycles. The van der Waals surface area contributed by atoms with Gasteiger partial charge in [0.25, 0.3) is 0 Å². The lowest BCUT2D eigenvalue weighted by Crippen LogP contribution is -2.46. The molecule has 0 spiro atoms. The lowest BCUT2D eigenvalue weighted by Gasteiger charge is -2.28. The second-order valence-corrected chi connectivity index (χ2v) is 7.37. The van der Waals surface area contributed by atoms with Gasteiger partial charge in [-0.05, 0) is 40.0 Å². The fourth-order valence-corrected chi connectivity index (χ4v) is 4.78. The lowest BCUT2D eigenvalue weighted by atomic mass is 10.2. The summed E-state index contributed by atoms with van der Waals surface area (Å²) in [6.07, 6.45) is 4.31. The quantitative estimate of drug-likeness (QED) is 0.292. The van der Waals surface area contributed by atoms with Gasteiger partial charge in [0.2, 0.25) is 0 Å². The Hall–Kier alpha value is -0.233. The highest BCUT2D eigenvalue weighted by Gasteiger charge is 2.39. The van der Waals surface area contributed by atoms with Crippen LogP contribution < -0.4 is 0 Å². The number of aliphatic imine (C=N–C) groups is 1. The maximum Gasteiger partial charge on any atom is 0.500 e. The SMILES string of the molecule is CCCC(CC)=NCCC[Si](OCC)(OCC)OCC. The molecule has 0 unspecified atom stereocenters. The molecule has 0 aromatic heterocycles. The average Bonchev–Trinajstić information content (AvgIpc) is 2.43. The molecule has 20 heavy (non-hydrogen) atoms. The Bertz CT molecular complexity index is 242. The van der Waals surface area contributed by atoms with Crippen molar-refractivity contribution in [1.29, 1.82) is 0 Å². The summed E-state index contributed by atoms with van der Waals surface area (Å²) < 4.78 is 17.5. The molecule has 120 valence electrons. The number of nitrogens with zero attached hydrogens (tertiary/aromatic N) is 1. The van der Waals surface area contributed by atoms with Crippen molar-refractivity contribution in [2.45, 2.75) is 66.3 Å². The van der Waals surface area contributed by atoms with E-state index in [1.54, 1.807) is 0 Å². The van der Waals surface area contributed by atoms with Crippen LogP contribution in [0.5, 0.6) is 0 Å². The summed E-state index contributed by atoms with van der Waals surface area (Å²) in [5, 5.41) is 0. The first-order chi connectivity index (χ1) is 9.67. The van der Waals surface area contributed by atoms with Crippen LogP contribution in [0.15, 0.2) is 4.99 Å². The Morgan fingerprint density at radius 3 is 1.85 bits per heavy atom. The average molecular weight is 304 g/mol. The van der Waals surface area contributed by atoms with Gasteiger partial charge in [-0.3, -0.25) is 4.99 Å². The van der Waals surface area contributed by atoms with Gasteiger partial charge in [-0.15, -0.1) is 0 Å². The van der Waals surface area contributed by atoms with E-state index < -0.39 is 8.80 Å². The Kier molecular flexibility index (Phi) is 12.4. The van der Waals surface area contributed by atoms with E-state index in [1.165, 1.54) is 12.1 Å². The molecule has 0 atom stereocenters. The van der Waals surface area contributed by atoms with Gasteiger partial charge in [-0.1, -0.05) is 20.3 Å². The molecule has 0 rings (SSSR count). The molecule has 0 aromatic carbocycles. The van der Waals surface area contributed by atoms with Crippen LogP contribution in [0.2, 0.25) is 6.04 Å². The molecule has 5 heteroatoms. The van der Waals surface area contributed by atoms with Crippen LogP contribution in [0, 0.1) is 0 Å². The summed E-state index contributed by atoms with van der Waals surface area (Å²) in [5.74, 6) is 0. The summed E-state index contributed by atoms with van der Waals surface area (Å²) in [7, 11) is -2.47. The van der Waals surface area contributed by atoms with Gasteiger partial charge >= 0.3 is 8.80 Å². The van der Waals surface area contributed by atoms with Gasteiger partial charge in [0.1, 0.15) is 0 Å². The van der Waals surface area contributed by atoms with Crippen LogP contribution in [-0.4, -0.2) is 40.9 Å². The molecular weight excluding hydrogens is 270 g/mol. The highest BCUT2D eigenvalue weighted by molar-refractivity contribution is 6.60. The highest BCUT2D eigenvalue weighted by atomic mass is 28.4. The van der Waals surface area contributed by atoms with E-state index in [1.807, 2.05) is 20.8 Å². The largest absolute Gasteiger partial charge is 0.500 e. The zero-order valence-corrected chi connectivity index (χ0v) is 15.0. The van der Waals surface area contributed by atoms with Crippen molar-refractivity contribution in [3.63, 3.8) is 0 Å². The Morgan fingerprint density at radius 1 is 0.900 bits per heavy atom. The third-order valence-corrected chi connectivity index (χ3v) is 6.17. The highest BCUT2D eigenvalue weighted by Crippen LogP contribution is 2.18. The Balaban J connectivity index is 4.37. The zero-order valence-electron chi connectivity index (χ0n) is 14.0. The first-order valence-corrected chi connectivity index (χ1v) is 10.0. The molecule has 0 amide bonds. The van der Waals surface area contributed by atoms with E-state index in [9.17, 15) is 0 Å². The summed E-state index contributed by atoms with van der Waals surface area (Å²) in [6, 6.07) is 0.856. The summed E-state index contributed by atoms with van der Waals surface area (Å²) >= 11 is 0. The fraction of sp³-hybridized carbons (Fsp3) is 0.933. The van der Waals surface area contributed by atoms with Crippen LogP contribution in [0.25, 0.3) is 0 Å². The van der Waals surface area contributed by atoms with E-state index in [0.29, 0.717) is 19.8 Å².